The summed E-state index contributed by atoms with van der Waals surface area (Å²) in [7, 11) is 1.57. The van der Waals surface area contributed by atoms with Crippen LogP contribution in [0.3, 0.4) is 0 Å². The van der Waals surface area contributed by atoms with Crippen LogP contribution in [0.1, 0.15) is 42.5 Å². The predicted molar refractivity (Wildman–Crippen MR) is 69.0 cm³/mol. The second kappa shape index (κ2) is 5.76. The van der Waals surface area contributed by atoms with Crippen LogP contribution in [0.2, 0.25) is 0 Å². The van der Waals surface area contributed by atoms with Crippen molar-refractivity contribution in [2.24, 2.45) is 0 Å². The average molecular weight is 249 g/mol. The first-order chi connectivity index (χ1) is 8.70. The summed E-state index contributed by atoms with van der Waals surface area (Å²) in [5.41, 5.74) is 0.392. The van der Waals surface area contributed by atoms with Crippen molar-refractivity contribution < 1.29 is 14.6 Å². The van der Waals surface area contributed by atoms with Gasteiger partial charge in [0.15, 0.2) is 0 Å². The smallest absolute Gasteiger partial charge is 0.254 e. The largest absolute Gasteiger partial charge is 0.508 e. The molecular weight excluding hydrogens is 230 g/mol. The van der Waals surface area contributed by atoms with Crippen LogP contribution in [0.4, 0.5) is 0 Å². The maximum absolute atomic E-state index is 11.7. The van der Waals surface area contributed by atoms with Gasteiger partial charge >= 0.3 is 0 Å². The lowest BCUT2D eigenvalue weighted by molar-refractivity contribution is 0.0950. The Bertz CT molecular complexity index is 425. The van der Waals surface area contributed by atoms with Gasteiger partial charge in [-0.25, -0.2) is 0 Å². The van der Waals surface area contributed by atoms with E-state index in [4.69, 9.17) is 4.74 Å². The van der Waals surface area contributed by atoms with Crippen LogP contribution in [0.15, 0.2) is 18.2 Å². The van der Waals surface area contributed by atoms with Crippen LogP contribution in [0, 0.1) is 0 Å². The van der Waals surface area contributed by atoms with Gasteiger partial charge < -0.3 is 15.2 Å². The predicted octanol–water partition coefficient (Wildman–Crippen LogP) is 2.46. The number of aromatic hydroxyl groups is 1. The van der Waals surface area contributed by atoms with Gasteiger partial charge in [-0.1, -0.05) is 6.42 Å². The first kappa shape index (κ1) is 12.7. The lowest BCUT2D eigenvalue weighted by atomic mass is 9.97. The van der Waals surface area contributed by atoms with Crippen molar-refractivity contribution in [3.63, 3.8) is 0 Å². The third-order valence-electron chi connectivity index (χ3n) is 3.28. The zero-order valence-electron chi connectivity index (χ0n) is 10.6. The summed E-state index contributed by atoms with van der Waals surface area (Å²) in [5, 5.41) is 12.0. The van der Waals surface area contributed by atoms with Crippen molar-refractivity contribution in [1.29, 1.82) is 0 Å². The molecule has 0 unspecified atom stereocenters. The van der Waals surface area contributed by atoms with E-state index >= 15 is 0 Å². The number of carbonyl (C=O) groups excluding carboxylic acids is 1. The van der Waals surface area contributed by atoms with Gasteiger partial charge in [0.1, 0.15) is 11.5 Å². The van der Waals surface area contributed by atoms with E-state index in [1.807, 2.05) is 0 Å². The van der Waals surface area contributed by atoms with Gasteiger partial charge in [-0.15, -0.1) is 0 Å². The first-order valence-electron chi connectivity index (χ1n) is 6.42. The third-order valence-corrected chi connectivity index (χ3v) is 3.28. The highest BCUT2D eigenvalue weighted by molar-refractivity contribution is 5.97. The van der Waals surface area contributed by atoms with Crippen molar-refractivity contribution in [2.45, 2.75) is 38.2 Å². The highest BCUT2D eigenvalue weighted by Crippen LogP contribution is 2.28. The number of benzene rings is 1. The molecule has 1 aliphatic rings. The number of hydrogen-bond donors (Lipinski definition) is 2. The Morgan fingerprint density at radius 3 is 2.72 bits per heavy atom. The fraction of sp³-hybridized carbons (Fsp3) is 0.500. The monoisotopic (exact) mass is 249 g/mol. The Morgan fingerprint density at radius 2 is 2.06 bits per heavy atom. The minimum atomic E-state index is -0.239. The zero-order valence-corrected chi connectivity index (χ0v) is 10.6. The summed E-state index contributed by atoms with van der Waals surface area (Å²) in [6.07, 6.45) is 5.88. The molecule has 0 aromatic heterocycles. The lowest BCUT2D eigenvalue weighted by Crippen LogP contribution is -2.23. The molecule has 0 bridgehead atoms. The number of phenolic OH excluding ortho intramolecular Hbond substituents is 1. The number of ether oxygens (including phenoxy) is 1. The standard InChI is InChI=1S/C14H19NO3/c1-15-14(17)12-9-10(16)7-8-13(12)18-11-5-3-2-4-6-11/h7-9,11,16H,2-6H2,1H3,(H,15,17). The highest BCUT2D eigenvalue weighted by atomic mass is 16.5. The summed E-state index contributed by atoms with van der Waals surface area (Å²) in [6, 6.07) is 4.65. The normalized spacial score (nSPS) is 16.3. The van der Waals surface area contributed by atoms with Gasteiger partial charge in [-0.2, -0.15) is 0 Å². The summed E-state index contributed by atoms with van der Waals surface area (Å²) in [5.74, 6) is 0.389. The quantitative estimate of drug-likeness (QED) is 0.865. The van der Waals surface area contributed by atoms with E-state index in [1.165, 1.54) is 25.3 Å². The zero-order chi connectivity index (χ0) is 13.0. The van der Waals surface area contributed by atoms with Crippen molar-refractivity contribution in [2.75, 3.05) is 7.05 Å². The van der Waals surface area contributed by atoms with Crippen molar-refractivity contribution in [1.82, 2.24) is 5.32 Å². The van der Waals surface area contributed by atoms with E-state index < -0.39 is 0 Å². The van der Waals surface area contributed by atoms with Gasteiger partial charge in [-0.3, -0.25) is 4.79 Å². The summed E-state index contributed by atoms with van der Waals surface area (Å²) >= 11 is 0. The molecule has 0 spiro atoms. The van der Waals surface area contributed by atoms with Crippen LogP contribution in [0.5, 0.6) is 11.5 Å². The Morgan fingerprint density at radius 1 is 1.33 bits per heavy atom. The minimum Gasteiger partial charge on any atom is -0.508 e. The summed E-state index contributed by atoms with van der Waals surface area (Å²) < 4.78 is 5.89. The fourth-order valence-electron chi connectivity index (χ4n) is 2.30. The maximum atomic E-state index is 11.7. The molecule has 0 saturated heterocycles. The van der Waals surface area contributed by atoms with Crippen molar-refractivity contribution >= 4 is 5.91 Å². The minimum absolute atomic E-state index is 0.0737. The first-order valence-corrected chi connectivity index (χ1v) is 6.42. The number of phenols is 1. The van der Waals surface area contributed by atoms with Gasteiger partial charge in [0.25, 0.3) is 5.91 Å². The lowest BCUT2D eigenvalue weighted by Gasteiger charge is -2.24. The molecule has 0 heterocycles. The molecule has 1 amide bonds. The average Bonchev–Trinajstić information content (AvgIpc) is 2.41. The molecule has 1 fully saturated rings. The third kappa shape index (κ3) is 2.94. The summed E-state index contributed by atoms with van der Waals surface area (Å²) in [6.45, 7) is 0. The van der Waals surface area contributed by atoms with E-state index in [0.717, 1.165) is 12.8 Å². The second-order valence-corrected chi connectivity index (χ2v) is 4.64. The molecule has 2 rings (SSSR count). The molecule has 1 saturated carbocycles. The van der Waals surface area contributed by atoms with Crippen LogP contribution < -0.4 is 10.1 Å². The molecule has 0 atom stereocenters. The van der Waals surface area contributed by atoms with E-state index in [1.54, 1.807) is 19.2 Å². The van der Waals surface area contributed by atoms with Crippen LogP contribution in [-0.4, -0.2) is 24.2 Å². The molecule has 1 aromatic carbocycles. The van der Waals surface area contributed by atoms with E-state index in [-0.39, 0.29) is 17.8 Å². The Labute approximate surface area is 107 Å². The van der Waals surface area contributed by atoms with Gasteiger partial charge in [0.05, 0.1) is 11.7 Å². The Balaban J connectivity index is 2.17. The second-order valence-electron chi connectivity index (χ2n) is 4.64. The van der Waals surface area contributed by atoms with Gasteiger partial charge in [-0.05, 0) is 43.9 Å². The van der Waals surface area contributed by atoms with Gasteiger partial charge in [0, 0.05) is 7.05 Å². The molecule has 4 nitrogen and oxygen atoms in total. The summed E-state index contributed by atoms with van der Waals surface area (Å²) in [4.78, 5) is 11.7. The molecule has 1 aromatic rings. The van der Waals surface area contributed by atoms with E-state index in [9.17, 15) is 9.90 Å². The topological polar surface area (TPSA) is 58.6 Å². The number of nitrogens with one attached hydrogen (secondary N) is 1. The number of amides is 1. The Kier molecular flexibility index (Phi) is 4.07. The Hall–Kier alpha value is -1.71. The van der Waals surface area contributed by atoms with Gasteiger partial charge in [0.2, 0.25) is 0 Å². The van der Waals surface area contributed by atoms with E-state index in [2.05, 4.69) is 5.32 Å². The molecule has 98 valence electrons. The maximum Gasteiger partial charge on any atom is 0.254 e. The highest BCUT2D eigenvalue weighted by Gasteiger charge is 2.19. The molecule has 2 N–H and O–H groups in total. The van der Waals surface area contributed by atoms with Crippen molar-refractivity contribution in [3.8, 4) is 11.5 Å². The van der Waals surface area contributed by atoms with Crippen LogP contribution in [-0.2, 0) is 0 Å². The number of rotatable bonds is 3. The SMILES string of the molecule is CNC(=O)c1cc(O)ccc1OC1CCCCC1. The fourth-order valence-corrected chi connectivity index (χ4v) is 2.30. The molecule has 0 aliphatic heterocycles. The number of carbonyl (C=O) groups is 1. The van der Waals surface area contributed by atoms with Crippen LogP contribution >= 0.6 is 0 Å². The molecule has 4 heteroatoms. The molecule has 0 radical (unpaired) electrons. The number of hydrogen-bond acceptors (Lipinski definition) is 3. The molecule has 18 heavy (non-hydrogen) atoms. The molecule has 1 aliphatic carbocycles. The molecular formula is C14H19NO3. The van der Waals surface area contributed by atoms with Crippen molar-refractivity contribution in [3.05, 3.63) is 23.8 Å². The van der Waals surface area contributed by atoms with E-state index in [0.29, 0.717) is 11.3 Å². The van der Waals surface area contributed by atoms with Crippen LogP contribution in [0.25, 0.3) is 0 Å².